The fraction of sp³-hybridized carbons (Fsp3) is 0.462. The molecule has 0 unspecified atom stereocenters. The van der Waals surface area contributed by atoms with E-state index < -0.39 is 15.8 Å². The van der Waals surface area contributed by atoms with Crippen LogP contribution < -0.4 is 4.90 Å². The van der Waals surface area contributed by atoms with Gasteiger partial charge in [-0.05, 0) is 55.7 Å². The van der Waals surface area contributed by atoms with E-state index in [1.165, 1.54) is 27.8 Å². The second kappa shape index (κ2) is 11.9. The summed E-state index contributed by atoms with van der Waals surface area (Å²) < 4.78 is 47.1. The molecule has 12 heteroatoms. The molecule has 0 radical (unpaired) electrons. The number of nitrogens with zero attached hydrogens (tertiary/aromatic N) is 4. The number of fused-ring (bicyclic) bond motifs is 1. The summed E-state index contributed by atoms with van der Waals surface area (Å²) in [5.41, 5.74) is 0.681. The van der Waals surface area contributed by atoms with Crippen molar-refractivity contribution in [3.05, 3.63) is 53.3 Å². The number of hydrogen-bond donors (Lipinski definition) is 0. The lowest BCUT2D eigenvalue weighted by molar-refractivity contribution is -0.123. The van der Waals surface area contributed by atoms with Crippen LogP contribution in [0.25, 0.3) is 10.2 Å². The number of carbonyl (C=O) groups is 1. The first-order valence-corrected chi connectivity index (χ1v) is 15.4. The van der Waals surface area contributed by atoms with Gasteiger partial charge in [-0.1, -0.05) is 29.0 Å². The summed E-state index contributed by atoms with van der Waals surface area (Å²) in [6.45, 7) is 5.02. The third-order valence-electron chi connectivity index (χ3n) is 7.07. The number of rotatable bonds is 8. The van der Waals surface area contributed by atoms with Gasteiger partial charge in [-0.15, -0.1) is 0 Å². The molecule has 1 aromatic heterocycles. The van der Waals surface area contributed by atoms with E-state index in [4.69, 9.17) is 21.3 Å². The van der Waals surface area contributed by atoms with Crippen LogP contribution in [0.3, 0.4) is 0 Å². The summed E-state index contributed by atoms with van der Waals surface area (Å²) in [6, 6.07) is 10.4. The number of anilines is 1. The number of benzene rings is 2. The average molecular weight is 581 g/mol. The van der Waals surface area contributed by atoms with Crippen LogP contribution in [0.15, 0.2) is 47.4 Å². The zero-order valence-electron chi connectivity index (χ0n) is 20.9. The Kier molecular flexibility index (Phi) is 8.61. The highest BCUT2D eigenvalue weighted by molar-refractivity contribution is 7.89. The zero-order valence-corrected chi connectivity index (χ0v) is 23.3. The number of sulfonamides is 1. The molecule has 0 spiro atoms. The molecule has 38 heavy (non-hydrogen) atoms. The molecule has 5 rings (SSSR count). The van der Waals surface area contributed by atoms with Crippen molar-refractivity contribution in [3.8, 4) is 0 Å². The number of ether oxygens (including phenoxy) is 1. The maximum absolute atomic E-state index is 13.8. The number of para-hydroxylation sites is 1. The number of thiazole rings is 1. The molecule has 2 aliphatic heterocycles. The number of carbonyl (C=O) groups excluding carboxylic acids is 1. The summed E-state index contributed by atoms with van der Waals surface area (Å²) in [4.78, 5) is 22.7. The summed E-state index contributed by atoms with van der Waals surface area (Å²) in [5, 5.41) is 1.16. The maximum Gasteiger partial charge on any atom is 0.243 e. The van der Waals surface area contributed by atoms with Crippen LogP contribution >= 0.6 is 22.9 Å². The molecule has 2 fully saturated rings. The summed E-state index contributed by atoms with van der Waals surface area (Å²) in [5.74, 6) is -0.848. The Bertz CT molecular complexity index is 1370. The molecule has 3 heterocycles. The van der Waals surface area contributed by atoms with E-state index >= 15 is 0 Å². The summed E-state index contributed by atoms with van der Waals surface area (Å²) in [7, 11) is -3.75. The van der Waals surface area contributed by atoms with Crippen molar-refractivity contribution in [3.63, 3.8) is 0 Å². The van der Waals surface area contributed by atoms with Gasteiger partial charge in [0.05, 0.1) is 27.8 Å². The number of halogens is 2. The van der Waals surface area contributed by atoms with E-state index in [1.54, 1.807) is 11.0 Å². The van der Waals surface area contributed by atoms with Crippen LogP contribution in [0.4, 0.5) is 9.52 Å². The molecular formula is C26H30ClFN4O4S2. The fourth-order valence-electron chi connectivity index (χ4n) is 4.92. The molecule has 204 valence electrons. The first-order chi connectivity index (χ1) is 18.3. The number of aromatic nitrogens is 1. The van der Waals surface area contributed by atoms with Gasteiger partial charge in [0.2, 0.25) is 15.9 Å². The normalized spacial score (nSPS) is 18.2. The fourth-order valence-corrected chi connectivity index (χ4v) is 7.68. The molecule has 0 N–H and O–H groups in total. The lowest BCUT2D eigenvalue weighted by Gasteiger charge is -2.33. The molecule has 0 atom stereocenters. The van der Waals surface area contributed by atoms with Gasteiger partial charge in [0.1, 0.15) is 11.3 Å². The highest BCUT2D eigenvalue weighted by atomic mass is 35.5. The lowest BCUT2D eigenvalue weighted by atomic mass is 9.96. The van der Waals surface area contributed by atoms with Crippen LogP contribution in [0.2, 0.25) is 5.02 Å². The van der Waals surface area contributed by atoms with Gasteiger partial charge < -0.3 is 4.74 Å². The number of hydrogen-bond acceptors (Lipinski definition) is 7. The Morgan fingerprint density at radius 1 is 1.11 bits per heavy atom. The van der Waals surface area contributed by atoms with E-state index in [0.29, 0.717) is 35.1 Å². The predicted molar refractivity (Wildman–Crippen MR) is 147 cm³/mol. The van der Waals surface area contributed by atoms with Crippen molar-refractivity contribution in [2.24, 2.45) is 5.92 Å². The van der Waals surface area contributed by atoms with E-state index in [-0.39, 0.29) is 29.8 Å². The Balaban J connectivity index is 1.29. The Morgan fingerprint density at radius 3 is 2.50 bits per heavy atom. The van der Waals surface area contributed by atoms with Gasteiger partial charge in [0, 0.05) is 45.2 Å². The predicted octanol–water partition coefficient (Wildman–Crippen LogP) is 4.25. The Labute approximate surface area is 231 Å². The van der Waals surface area contributed by atoms with E-state index in [9.17, 15) is 17.6 Å². The van der Waals surface area contributed by atoms with Crippen molar-refractivity contribution in [2.75, 3.05) is 57.4 Å². The van der Waals surface area contributed by atoms with Crippen molar-refractivity contribution in [2.45, 2.75) is 24.2 Å². The minimum atomic E-state index is -3.75. The molecule has 8 nitrogen and oxygen atoms in total. The van der Waals surface area contributed by atoms with Crippen LogP contribution in [-0.4, -0.2) is 81.0 Å². The molecule has 2 aliphatic rings. The third-order valence-corrected chi connectivity index (χ3v) is 10.3. The van der Waals surface area contributed by atoms with E-state index in [2.05, 4.69) is 4.90 Å². The number of morpholine rings is 1. The van der Waals surface area contributed by atoms with Crippen molar-refractivity contribution < 1.29 is 22.3 Å². The second-order valence-corrected chi connectivity index (χ2v) is 12.9. The van der Waals surface area contributed by atoms with E-state index in [1.807, 2.05) is 12.1 Å². The first kappa shape index (κ1) is 27.4. The second-order valence-electron chi connectivity index (χ2n) is 9.51. The Hall–Kier alpha value is -2.15. The summed E-state index contributed by atoms with van der Waals surface area (Å²) >= 11 is 7.81. The number of amides is 1. The van der Waals surface area contributed by atoms with Crippen LogP contribution in [0.1, 0.15) is 19.3 Å². The highest BCUT2D eigenvalue weighted by Gasteiger charge is 2.35. The average Bonchev–Trinajstić information content (AvgIpc) is 3.37. The third kappa shape index (κ3) is 6.03. The monoisotopic (exact) mass is 580 g/mol. The van der Waals surface area contributed by atoms with Gasteiger partial charge in [-0.3, -0.25) is 14.6 Å². The molecule has 0 saturated carbocycles. The van der Waals surface area contributed by atoms with Gasteiger partial charge in [-0.2, -0.15) is 4.31 Å². The summed E-state index contributed by atoms with van der Waals surface area (Å²) in [6.07, 6.45) is 1.60. The maximum atomic E-state index is 13.8. The molecule has 3 aromatic rings. The smallest absolute Gasteiger partial charge is 0.243 e. The lowest BCUT2D eigenvalue weighted by Crippen LogP contribution is -2.45. The van der Waals surface area contributed by atoms with Crippen molar-refractivity contribution in [1.29, 1.82) is 0 Å². The van der Waals surface area contributed by atoms with Crippen LogP contribution in [0, 0.1) is 11.7 Å². The number of piperidine rings is 1. The van der Waals surface area contributed by atoms with Gasteiger partial charge in [-0.25, -0.2) is 17.8 Å². The van der Waals surface area contributed by atoms with Crippen molar-refractivity contribution in [1.82, 2.24) is 14.2 Å². The van der Waals surface area contributed by atoms with Crippen molar-refractivity contribution >= 4 is 54.2 Å². The molecule has 2 saturated heterocycles. The van der Waals surface area contributed by atoms with E-state index in [0.717, 1.165) is 56.1 Å². The molecule has 0 aliphatic carbocycles. The Morgan fingerprint density at radius 2 is 1.82 bits per heavy atom. The minimum Gasteiger partial charge on any atom is -0.379 e. The van der Waals surface area contributed by atoms with Crippen LogP contribution in [-0.2, 0) is 19.6 Å². The van der Waals surface area contributed by atoms with Gasteiger partial charge in [0.25, 0.3) is 0 Å². The standard InChI is InChI=1S/C26H30ClFN4O4S2/c27-22-3-1-4-23-24(22)29-26(37-23)32(12-2-11-30-15-17-36-18-16-30)25(33)19-9-13-31(14-10-19)38(34,35)21-7-5-20(28)6-8-21/h1,3-8,19H,2,9-18H2. The zero-order chi connectivity index (χ0) is 26.7. The quantitative estimate of drug-likeness (QED) is 0.396. The minimum absolute atomic E-state index is 0.0408. The topological polar surface area (TPSA) is 83.1 Å². The molecular weight excluding hydrogens is 551 g/mol. The van der Waals surface area contributed by atoms with Crippen LogP contribution in [0.5, 0.6) is 0 Å². The molecule has 1 amide bonds. The largest absolute Gasteiger partial charge is 0.379 e. The highest BCUT2D eigenvalue weighted by Crippen LogP contribution is 2.35. The molecule has 2 aromatic carbocycles. The SMILES string of the molecule is O=C(C1CCN(S(=O)(=O)c2ccc(F)cc2)CC1)N(CCCN1CCOCC1)c1nc2c(Cl)cccc2s1. The van der Waals surface area contributed by atoms with Gasteiger partial charge in [0.15, 0.2) is 5.13 Å². The molecule has 0 bridgehead atoms. The van der Waals surface area contributed by atoms with Gasteiger partial charge >= 0.3 is 0 Å². The first-order valence-electron chi connectivity index (χ1n) is 12.8.